The summed E-state index contributed by atoms with van der Waals surface area (Å²) < 4.78 is 28.7. The van der Waals surface area contributed by atoms with Crippen LogP contribution in [-0.2, 0) is 38.1 Å². The third-order valence-electron chi connectivity index (χ3n) is 5.01. The number of fused-ring (bicyclic) bond motifs is 1. The molecule has 1 saturated heterocycles. The molecule has 2 heterocycles. The number of hydrogen-bond donors (Lipinski definition) is 2. The largest absolute Gasteiger partial charge is 0.463 e. The Morgan fingerprint density at radius 1 is 1.06 bits per heavy atom. The van der Waals surface area contributed by atoms with E-state index in [2.05, 4.69) is 26.2 Å². The summed E-state index contributed by atoms with van der Waals surface area (Å²) in [5.74, 6) is -2.20. The number of rotatable bonds is 7. The minimum atomic E-state index is -1.26. The first-order chi connectivity index (χ1) is 16.5. The van der Waals surface area contributed by atoms with E-state index in [0.29, 0.717) is 20.4 Å². The maximum Gasteiger partial charge on any atom is 0.303 e. The van der Waals surface area contributed by atoms with Gasteiger partial charge in [-0.3, -0.25) is 19.2 Å². The molecule has 0 bridgehead atoms. The van der Waals surface area contributed by atoms with E-state index in [1.165, 1.54) is 20.8 Å². The molecule has 1 fully saturated rings. The maximum atomic E-state index is 12.1. The van der Waals surface area contributed by atoms with Crippen LogP contribution >= 0.6 is 27.5 Å². The third kappa shape index (κ3) is 6.44. The molecule has 3 rings (SSSR count). The van der Waals surface area contributed by atoms with E-state index < -0.39 is 54.5 Å². The molecule has 190 valence electrons. The Morgan fingerprint density at radius 2 is 1.71 bits per heavy atom. The number of carbonyl (C=O) groups is 4. The highest BCUT2D eigenvalue weighted by Crippen LogP contribution is 2.38. The summed E-state index contributed by atoms with van der Waals surface area (Å²) in [4.78, 5) is 50.3. The fourth-order valence-electron chi connectivity index (χ4n) is 3.74. The van der Waals surface area contributed by atoms with Gasteiger partial charge in [0.05, 0.1) is 15.9 Å². The van der Waals surface area contributed by atoms with Crippen LogP contribution in [0.4, 0.5) is 0 Å². The number of nitrogens with one attached hydrogen (secondary N) is 2. The van der Waals surface area contributed by atoms with Crippen LogP contribution < -0.4 is 10.1 Å². The highest BCUT2D eigenvalue weighted by molar-refractivity contribution is 9.10. The highest BCUT2D eigenvalue weighted by Gasteiger charge is 2.52. The molecule has 1 aliphatic heterocycles. The molecule has 5 atom stereocenters. The van der Waals surface area contributed by atoms with Crippen molar-refractivity contribution < 1.29 is 42.9 Å². The molecule has 2 aromatic rings. The van der Waals surface area contributed by atoms with E-state index in [1.54, 1.807) is 18.3 Å². The average molecular weight is 576 g/mol. The third-order valence-corrected chi connectivity index (χ3v) is 6.30. The molecule has 1 aromatic heterocycles. The Morgan fingerprint density at radius 3 is 2.31 bits per heavy atom. The average Bonchev–Trinajstić information content (AvgIpc) is 3.16. The highest BCUT2D eigenvalue weighted by atomic mass is 79.9. The van der Waals surface area contributed by atoms with Crippen LogP contribution in [0.3, 0.4) is 0 Å². The lowest BCUT2D eigenvalue weighted by Gasteiger charge is -2.44. The number of carbonyl (C=O) groups excluding carboxylic acids is 4. The SMILES string of the molecule is CC(=O)NC1[C@H](Oc2c[nH]c3ccc(Br)c(Cl)c23)OC(COC(C)=O)[C@@H](OC(C)=O)[C@@H]1OC(C)=O. The molecule has 2 unspecified atom stereocenters. The van der Waals surface area contributed by atoms with Gasteiger partial charge in [0.1, 0.15) is 24.5 Å². The van der Waals surface area contributed by atoms with Crippen LogP contribution in [0.5, 0.6) is 5.75 Å². The standard InChI is InChI=1S/C22H24BrClN2O9/c1-9(27)26-19-21(33-12(4)30)20(32-11(3)29)16(8-31-10(2)28)35-22(19)34-15-7-25-14-6-5-13(23)18(24)17(14)15/h5-7,16,19-22,25H,8H2,1-4H3,(H,26,27)/t16?,19?,20-,21-,22-/m1/s1. The number of ether oxygens (including phenoxy) is 5. The molecule has 2 N–H and O–H groups in total. The van der Waals surface area contributed by atoms with Crippen molar-refractivity contribution in [3.05, 3.63) is 27.8 Å². The van der Waals surface area contributed by atoms with Crippen molar-refractivity contribution in [1.82, 2.24) is 10.3 Å². The second-order valence-corrected chi connectivity index (χ2v) is 9.01. The van der Waals surface area contributed by atoms with Crippen molar-refractivity contribution in [2.75, 3.05) is 6.61 Å². The van der Waals surface area contributed by atoms with Gasteiger partial charge in [-0.25, -0.2) is 0 Å². The first-order valence-corrected chi connectivity index (χ1v) is 11.7. The Balaban J connectivity index is 2.05. The van der Waals surface area contributed by atoms with E-state index in [1.807, 2.05) is 0 Å². The first kappa shape index (κ1) is 26.8. The van der Waals surface area contributed by atoms with Crippen LogP contribution in [0.1, 0.15) is 27.7 Å². The van der Waals surface area contributed by atoms with Gasteiger partial charge in [-0.2, -0.15) is 0 Å². The van der Waals surface area contributed by atoms with Crippen molar-refractivity contribution in [3.8, 4) is 5.75 Å². The maximum absolute atomic E-state index is 12.1. The lowest BCUT2D eigenvalue weighted by molar-refractivity contribution is -0.256. The summed E-state index contributed by atoms with van der Waals surface area (Å²) in [5.41, 5.74) is 0.672. The van der Waals surface area contributed by atoms with Crippen LogP contribution in [0.15, 0.2) is 22.8 Å². The van der Waals surface area contributed by atoms with Gasteiger partial charge >= 0.3 is 17.9 Å². The Kier molecular flexibility index (Phi) is 8.62. The second kappa shape index (κ2) is 11.3. The minimum absolute atomic E-state index is 0.283. The normalized spacial score (nSPS) is 23.9. The number of H-pyrrole nitrogens is 1. The van der Waals surface area contributed by atoms with Gasteiger partial charge in [-0.15, -0.1) is 0 Å². The lowest BCUT2D eigenvalue weighted by Crippen LogP contribution is -2.67. The predicted octanol–water partition coefficient (Wildman–Crippen LogP) is 2.62. The van der Waals surface area contributed by atoms with Crippen molar-refractivity contribution in [2.24, 2.45) is 0 Å². The molecule has 11 nitrogen and oxygen atoms in total. The molecule has 1 aromatic carbocycles. The first-order valence-electron chi connectivity index (χ1n) is 10.5. The van der Waals surface area contributed by atoms with Crippen LogP contribution in [-0.4, -0.2) is 66.0 Å². The molecule has 1 amide bonds. The van der Waals surface area contributed by atoms with E-state index in [-0.39, 0.29) is 12.4 Å². The van der Waals surface area contributed by atoms with Gasteiger partial charge in [0.15, 0.2) is 12.2 Å². The number of aromatic amines is 1. The minimum Gasteiger partial charge on any atom is -0.463 e. The number of halogens is 2. The fraction of sp³-hybridized carbons (Fsp3) is 0.455. The number of aromatic nitrogens is 1. The smallest absolute Gasteiger partial charge is 0.303 e. The molecular formula is C22H24BrClN2O9. The summed E-state index contributed by atoms with van der Waals surface area (Å²) in [6, 6.07) is 2.44. The molecule has 35 heavy (non-hydrogen) atoms. The molecule has 0 spiro atoms. The Labute approximate surface area is 213 Å². The van der Waals surface area contributed by atoms with Crippen molar-refractivity contribution in [1.29, 1.82) is 0 Å². The molecule has 0 aliphatic carbocycles. The quantitative estimate of drug-likeness (QED) is 0.376. The topological polar surface area (TPSA) is 142 Å². The zero-order valence-corrected chi connectivity index (χ0v) is 21.6. The zero-order chi connectivity index (χ0) is 25.9. The Bertz CT molecular complexity index is 1140. The summed E-state index contributed by atoms with van der Waals surface area (Å²) in [6.45, 7) is 4.45. The lowest BCUT2D eigenvalue weighted by atomic mass is 9.96. The summed E-state index contributed by atoms with van der Waals surface area (Å²) >= 11 is 9.83. The van der Waals surface area contributed by atoms with Gasteiger partial charge in [-0.1, -0.05) is 11.6 Å². The number of amides is 1. The summed E-state index contributed by atoms with van der Waals surface area (Å²) in [5, 5.41) is 3.55. The monoisotopic (exact) mass is 574 g/mol. The van der Waals surface area contributed by atoms with E-state index >= 15 is 0 Å². The predicted molar refractivity (Wildman–Crippen MR) is 126 cm³/mol. The summed E-state index contributed by atoms with van der Waals surface area (Å²) in [7, 11) is 0. The van der Waals surface area contributed by atoms with Crippen LogP contribution in [0.2, 0.25) is 5.02 Å². The van der Waals surface area contributed by atoms with E-state index in [0.717, 1.165) is 6.92 Å². The molecular weight excluding hydrogens is 552 g/mol. The number of hydrogen-bond acceptors (Lipinski definition) is 9. The Hall–Kier alpha value is -2.83. The number of esters is 3. The van der Waals surface area contributed by atoms with Crippen molar-refractivity contribution in [2.45, 2.75) is 58.3 Å². The molecule has 1 aliphatic rings. The van der Waals surface area contributed by atoms with Gasteiger partial charge in [0.25, 0.3) is 0 Å². The van der Waals surface area contributed by atoms with Crippen LogP contribution in [0, 0.1) is 0 Å². The molecule has 0 saturated carbocycles. The zero-order valence-electron chi connectivity index (χ0n) is 19.3. The van der Waals surface area contributed by atoms with Gasteiger partial charge < -0.3 is 34.0 Å². The van der Waals surface area contributed by atoms with Gasteiger partial charge in [0, 0.05) is 38.4 Å². The van der Waals surface area contributed by atoms with E-state index in [4.69, 9.17) is 35.3 Å². The molecule has 13 heteroatoms. The fourth-order valence-corrected chi connectivity index (χ4v) is 4.33. The summed E-state index contributed by atoms with van der Waals surface area (Å²) in [6.07, 6.45) is -3.24. The van der Waals surface area contributed by atoms with E-state index in [9.17, 15) is 19.2 Å². The number of benzene rings is 1. The van der Waals surface area contributed by atoms with Gasteiger partial charge in [0.2, 0.25) is 12.2 Å². The van der Waals surface area contributed by atoms with Crippen molar-refractivity contribution in [3.63, 3.8) is 0 Å². The van der Waals surface area contributed by atoms with Gasteiger partial charge in [-0.05, 0) is 28.1 Å². The molecule has 0 radical (unpaired) electrons. The van der Waals surface area contributed by atoms with Crippen molar-refractivity contribution >= 4 is 62.2 Å². The second-order valence-electron chi connectivity index (χ2n) is 7.77. The van der Waals surface area contributed by atoms with Crippen LogP contribution in [0.25, 0.3) is 10.9 Å².